The van der Waals surface area contributed by atoms with Crippen LogP contribution in [-0.4, -0.2) is 6.79 Å². The van der Waals surface area contributed by atoms with Crippen molar-refractivity contribution in [1.82, 2.24) is 0 Å². The van der Waals surface area contributed by atoms with Gasteiger partial charge in [-0.2, -0.15) is 5.26 Å². The van der Waals surface area contributed by atoms with Gasteiger partial charge in [-0.3, -0.25) is 0 Å². The van der Waals surface area contributed by atoms with Gasteiger partial charge < -0.3 is 9.47 Å². The van der Waals surface area contributed by atoms with Crippen LogP contribution < -0.4 is 9.47 Å². The molecule has 0 saturated carbocycles. The van der Waals surface area contributed by atoms with E-state index in [-0.39, 0.29) is 0 Å². The van der Waals surface area contributed by atoms with Crippen molar-refractivity contribution in [3.05, 3.63) is 23.8 Å². The minimum atomic E-state index is 0.334. The normalized spacial score (nSPS) is 12.4. The molecule has 0 fully saturated rings. The van der Waals surface area contributed by atoms with E-state index in [2.05, 4.69) is 12.1 Å². The van der Waals surface area contributed by atoms with Crippen molar-refractivity contribution < 1.29 is 9.47 Å². The number of nitriles is 1. The van der Waals surface area contributed by atoms with E-state index in [0.717, 1.165) is 37.2 Å². The fourth-order valence-corrected chi connectivity index (χ4v) is 1.81. The molecule has 1 aromatic carbocycles. The second-order valence-electron chi connectivity index (χ2n) is 3.91. The third-order valence-corrected chi connectivity index (χ3v) is 2.69. The lowest BCUT2D eigenvalue weighted by atomic mass is 10.1. The van der Waals surface area contributed by atoms with Gasteiger partial charge in [0.1, 0.15) is 0 Å². The molecule has 0 saturated heterocycles. The van der Waals surface area contributed by atoms with E-state index in [4.69, 9.17) is 14.7 Å². The van der Waals surface area contributed by atoms with Gasteiger partial charge in [0.05, 0.1) is 6.07 Å². The number of ether oxygens (including phenoxy) is 2. The molecule has 0 aliphatic carbocycles. The van der Waals surface area contributed by atoms with E-state index in [1.807, 2.05) is 12.1 Å². The number of hydrogen-bond donors (Lipinski definition) is 0. The van der Waals surface area contributed by atoms with E-state index in [0.29, 0.717) is 13.2 Å². The van der Waals surface area contributed by atoms with Gasteiger partial charge in [-0.1, -0.05) is 12.5 Å². The Bertz CT molecular complexity index is 395. The van der Waals surface area contributed by atoms with E-state index in [1.54, 1.807) is 0 Å². The fraction of sp³-hybridized carbons (Fsp3) is 0.462. The molecule has 0 atom stereocenters. The molecule has 0 aromatic heterocycles. The van der Waals surface area contributed by atoms with Crippen LogP contribution in [0.4, 0.5) is 0 Å². The topological polar surface area (TPSA) is 42.2 Å². The smallest absolute Gasteiger partial charge is 0.231 e. The average molecular weight is 217 g/mol. The Morgan fingerprint density at radius 3 is 2.88 bits per heavy atom. The summed E-state index contributed by atoms with van der Waals surface area (Å²) in [4.78, 5) is 0. The maximum absolute atomic E-state index is 8.41. The summed E-state index contributed by atoms with van der Waals surface area (Å²) >= 11 is 0. The van der Waals surface area contributed by atoms with Crippen LogP contribution in [0.15, 0.2) is 18.2 Å². The predicted molar refractivity (Wildman–Crippen MR) is 60.4 cm³/mol. The molecule has 0 spiro atoms. The molecule has 84 valence electrons. The minimum absolute atomic E-state index is 0.334. The van der Waals surface area contributed by atoms with Crippen molar-refractivity contribution in [3.8, 4) is 17.6 Å². The summed E-state index contributed by atoms with van der Waals surface area (Å²) < 4.78 is 10.6. The Balaban J connectivity index is 1.80. The summed E-state index contributed by atoms with van der Waals surface area (Å²) in [5.41, 5.74) is 1.28. The molecule has 1 aromatic rings. The highest BCUT2D eigenvalue weighted by molar-refractivity contribution is 5.44. The van der Waals surface area contributed by atoms with Crippen LogP contribution in [0.1, 0.15) is 31.2 Å². The zero-order chi connectivity index (χ0) is 11.2. The van der Waals surface area contributed by atoms with Gasteiger partial charge in [-0.25, -0.2) is 0 Å². The highest BCUT2D eigenvalue weighted by Gasteiger charge is 2.12. The van der Waals surface area contributed by atoms with Crippen molar-refractivity contribution in [2.75, 3.05) is 6.79 Å². The molecule has 1 heterocycles. The second-order valence-corrected chi connectivity index (χ2v) is 3.91. The molecule has 3 nitrogen and oxygen atoms in total. The predicted octanol–water partition coefficient (Wildman–Crippen LogP) is 3.04. The molecule has 0 amide bonds. The van der Waals surface area contributed by atoms with Gasteiger partial charge in [-0.15, -0.1) is 0 Å². The molecule has 0 N–H and O–H groups in total. The largest absolute Gasteiger partial charge is 0.454 e. The standard InChI is InChI=1S/C13H15NO2/c14-8-4-2-1-3-5-11-6-7-12-13(9-11)16-10-15-12/h6-7,9H,1-5,10H2. The quantitative estimate of drug-likeness (QED) is 0.712. The van der Waals surface area contributed by atoms with E-state index >= 15 is 0 Å². The summed E-state index contributed by atoms with van der Waals surface area (Å²) in [7, 11) is 0. The first-order chi connectivity index (χ1) is 7.90. The summed E-state index contributed by atoms with van der Waals surface area (Å²) in [5.74, 6) is 1.70. The second kappa shape index (κ2) is 5.41. The van der Waals surface area contributed by atoms with Gasteiger partial charge in [-0.05, 0) is 37.0 Å². The Labute approximate surface area is 95.6 Å². The van der Waals surface area contributed by atoms with Crippen LogP contribution in [0.3, 0.4) is 0 Å². The lowest BCUT2D eigenvalue weighted by molar-refractivity contribution is 0.174. The van der Waals surface area contributed by atoms with Gasteiger partial charge >= 0.3 is 0 Å². The van der Waals surface area contributed by atoms with E-state index < -0.39 is 0 Å². The van der Waals surface area contributed by atoms with Gasteiger partial charge in [0.2, 0.25) is 6.79 Å². The number of fused-ring (bicyclic) bond motifs is 1. The molecule has 0 unspecified atom stereocenters. The van der Waals surface area contributed by atoms with Crippen LogP contribution in [0.5, 0.6) is 11.5 Å². The minimum Gasteiger partial charge on any atom is -0.454 e. The third kappa shape index (κ3) is 2.66. The molecule has 2 rings (SSSR count). The number of nitrogens with zero attached hydrogens (tertiary/aromatic N) is 1. The van der Waals surface area contributed by atoms with Crippen LogP contribution in [-0.2, 0) is 6.42 Å². The maximum atomic E-state index is 8.41. The zero-order valence-corrected chi connectivity index (χ0v) is 9.24. The van der Waals surface area contributed by atoms with Crippen LogP contribution in [0, 0.1) is 11.3 Å². The molecule has 0 radical (unpaired) electrons. The first-order valence-electron chi connectivity index (χ1n) is 5.65. The number of aryl methyl sites for hydroxylation is 1. The van der Waals surface area contributed by atoms with E-state index in [1.165, 1.54) is 5.56 Å². The molecule has 0 bridgehead atoms. The Morgan fingerprint density at radius 1 is 1.12 bits per heavy atom. The molecular formula is C13H15NO2. The molecule has 3 heteroatoms. The first kappa shape index (κ1) is 10.8. The summed E-state index contributed by atoms with van der Waals surface area (Å²) in [6.45, 7) is 0.334. The van der Waals surface area contributed by atoms with Crippen molar-refractivity contribution >= 4 is 0 Å². The number of unbranched alkanes of at least 4 members (excludes halogenated alkanes) is 3. The van der Waals surface area contributed by atoms with Crippen LogP contribution >= 0.6 is 0 Å². The van der Waals surface area contributed by atoms with Gasteiger partial charge in [0.15, 0.2) is 11.5 Å². The maximum Gasteiger partial charge on any atom is 0.231 e. The van der Waals surface area contributed by atoms with Gasteiger partial charge in [0.25, 0.3) is 0 Å². The monoisotopic (exact) mass is 217 g/mol. The molecule has 1 aliphatic rings. The van der Waals surface area contributed by atoms with Gasteiger partial charge in [0, 0.05) is 6.42 Å². The van der Waals surface area contributed by atoms with Crippen LogP contribution in [0.2, 0.25) is 0 Å². The molecule has 16 heavy (non-hydrogen) atoms. The first-order valence-corrected chi connectivity index (χ1v) is 5.65. The van der Waals surface area contributed by atoms with Crippen molar-refractivity contribution in [1.29, 1.82) is 5.26 Å². The van der Waals surface area contributed by atoms with Crippen LogP contribution in [0.25, 0.3) is 0 Å². The van der Waals surface area contributed by atoms with Crippen molar-refractivity contribution in [2.24, 2.45) is 0 Å². The number of hydrogen-bond acceptors (Lipinski definition) is 3. The van der Waals surface area contributed by atoms with E-state index in [9.17, 15) is 0 Å². The van der Waals surface area contributed by atoms with Crippen molar-refractivity contribution in [3.63, 3.8) is 0 Å². The summed E-state index contributed by atoms with van der Waals surface area (Å²) in [6, 6.07) is 8.26. The summed E-state index contributed by atoms with van der Waals surface area (Å²) in [6.07, 6.45) is 4.95. The highest BCUT2D eigenvalue weighted by Crippen LogP contribution is 2.32. The zero-order valence-electron chi connectivity index (χ0n) is 9.24. The lowest BCUT2D eigenvalue weighted by Gasteiger charge is -2.02. The number of benzene rings is 1. The Morgan fingerprint density at radius 2 is 2.00 bits per heavy atom. The lowest BCUT2D eigenvalue weighted by Crippen LogP contribution is -1.93. The number of rotatable bonds is 5. The Kier molecular flexibility index (Phi) is 3.66. The fourth-order valence-electron chi connectivity index (χ4n) is 1.81. The third-order valence-electron chi connectivity index (χ3n) is 2.69. The summed E-state index contributed by atoms with van der Waals surface area (Å²) in [5, 5.41) is 8.41. The average Bonchev–Trinajstić information content (AvgIpc) is 2.76. The Hall–Kier alpha value is -1.69. The SMILES string of the molecule is N#CCCCCCc1ccc2c(c1)OCO2. The molecule has 1 aliphatic heterocycles. The van der Waals surface area contributed by atoms with Crippen molar-refractivity contribution in [2.45, 2.75) is 32.1 Å². The molecular weight excluding hydrogens is 202 g/mol. The highest BCUT2D eigenvalue weighted by atomic mass is 16.7.